The average Bonchev–Trinajstić information content (AvgIpc) is 2.35. The van der Waals surface area contributed by atoms with Crippen molar-refractivity contribution in [3.05, 3.63) is 0 Å². The van der Waals surface area contributed by atoms with Crippen LogP contribution in [-0.4, -0.2) is 29.0 Å². The van der Waals surface area contributed by atoms with Gasteiger partial charge in [0, 0.05) is 6.26 Å². The molecule has 4 nitrogen and oxygen atoms in total. The van der Waals surface area contributed by atoms with Crippen LogP contribution in [0.25, 0.3) is 0 Å². The van der Waals surface area contributed by atoms with Crippen molar-refractivity contribution in [2.75, 3.05) is 12.8 Å². The van der Waals surface area contributed by atoms with E-state index in [2.05, 4.69) is 10.0 Å². The molecule has 0 saturated carbocycles. The van der Waals surface area contributed by atoms with E-state index in [1.54, 1.807) is 0 Å². The Morgan fingerprint density at radius 1 is 1.73 bits per heavy atom. The Labute approximate surface area is 68.3 Å². The SMILES string of the molecule is CS(=O)NC(=O)C1CCCN1. The summed E-state index contributed by atoms with van der Waals surface area (Å²) in [6, 6.07) is -0.126. The molecular formula is C6H12N2O2S. The molecule has 1 rings (SSSR count). The molecule has 0 aliphatic carbocycles. The molecule has 64 valence electrons. The van der Waals surface area contributed by atoms with Gasteiger partial charge in [-0.3, -0.25) is 9.52 Å². The van der Waals surface area contributed by atoms with Crippen LogP contribution in [0.15, 0.2) is 0 Å². The van der Waals surface area contributed by atoms with Gasteiger partial charge in [-0.25, -0.2) is 4.21 Å². The van der Waals surface area contributed by atoms with Crippen LogP contribution in [0, 0.1) is 0 Å². The molecule has 0 bridgehead atoms. The Hall–Kier alpha value is -0.420. The molecule has 1 aliphatic rings. The summed E-state index contributed by atoms with van der Waals surface area (Å²) in [6.07, 6.45) is 3.32. The van der Waals surface area contributed by atoms with Crippen molar-refractivity contribution in [1.82, 2.24) is 10.0 Å². The third-order valence-corrected chi connectivity index (χ3v) is 2.11. The van der Waals surface area contributed by atoms with Crippen molar-refractivity contribution in [1.29, 1.82) is 0 Å². The van der Waals surface area contributed by atoms with Crippen molar-refractivity contribution in [2.24, 2.45) is 0 Å². The smallest absolute Gasteiger partial charge is 0.248 e. The Morgan fingerprint density at radius 3 is 2.91 bits per heavy atom. The minimum Gasteiger partial charge on any atom is -0.306 e. The van der Waals surface area contributed by atoms with Gasteiger partial charge < -0.3 is 5.32 Å². The van der Waals surface area contributed by atoms with E-state index in [1.807, 2.05) is 0 Å². The molecule has 1 heterocycles. The van der Waals surface area contributed by atoms with Crippen LogP contribution in [0.5, 0.6) is 0 Å². The van der Waals surface area contributed by atoms with Gasteiger partial charge in [-0.15, -0.1) is 0 Å². The van der Waals surface area contributed by atoms with Crippen LogP contribution in [0.2, 0.25) is 0 Å². The molecule has 11 heavy (non-hydrogen) atoms. The number of hydrogen-bond acceptors (Lipinski definition) is 3. The van der Waals surface area contributed by atoms with Crippen molar-refractivity contribution in [3.63, 3.8) is 0 Å². The summed E-state index contributed by atoms with van der Waals surface area (Å²) in [5.74, 6) is -0.150. The van der Waals surface area contributed by atoms with Crippen molar-refractivity contribution in [2.45, 2.75) is 18.9 Å². The lowest BCUT2D eigenvalue weighted by molar-refractivity contribution is -0.120. The Kier molecular flexibility index (Phi) is 3.02. The quantitative estimate of drug-likeness (QED) is 0.576. The highest BCUT2D eigenvalue weighted by atomic mass is 32.2. The van der Waals surface area contributed by atoms with Gasteiger partial charge in [0.1, 0.15) is 11.0 Å². The first-order valence-corrected chi connectivity index (χ1v) is 5.13. The number of amides is 1. The lowest BCUT2D eigenvalue weighted by Crippen LogP contribution is -2.40. The number of carbonyl (C=O) groups excluding carboxylic acids is 1. The fraction of sp³-hybridized carbons (Fsp3) is 0.833. The monoisotopic (exact) mass is 176 g/mol. The zero-order chi connectivity index (χ0) is 8.27. The lowest BCUT2D eigenvalue weighted by Gasteiger charge is -2.07. The Bertz CT molecular complexity index is 177. The van der Waals surface area contributed by atoms with E-state index in [0.29, 0.717) is 0 Å². The van der Waals surface area contributed by atoms with Gasteiger partial charge in [0.25, 0.3) is 0 Å². The second-order valence-electron chi connectivity index (χ2n) is 2.57. The molecule has 0 aromatic carbocycles. The first-order chi connectivity index (χ1) is 5.20. The van der Waals surface area contributed by atoms with Gasteiger partial charge in [-0.05, 0) is 19.4 Å². The molecule has 0 radical (unpaired) electrons. The van der Waals surface area contributed by atoms with Crippen molar-refractivity contribution >= 4 is 16.9 Å². The molecule has 0 spiro atoms. The van der Waals surface area contributed by atoms with Gasteiger partial charge in [-0.2, -0.15) is 0 Å². The van der Waals surface area contributed by atoms with Gasteiger partial charge >= 0.3 is 0 Å². The van der Waals surface area contributed by atoms with E-state index < -0.39 is 11.0 Å². The van der Waals surface area contributed by atoms with E-state index in [0.717, 1.165) is 19.4 Å². The highest BCUT2D eigenvalue weighted by Gasteiger charge is 2.21. The standard InChI is InChI=1S/C6H12N2O2S/c1-11(10)8-6(9)5-3-2-4-7-5/h5,7H,2-4H2,1H3,(H,8,9). The molecule has 5 heteroatoms. The first-order valence-electron chi connectivity index (χ1n) is 3.57. The van der Waals surface area contributed by atoms with Crippen LogP contribution in [-0.2, 0) is 15.8 Å². The molecular weight excluding hydrogens is 164 g/mol. The summed E-state index contributed by atoms with van der Waals surface area (Å²) in [6.45, 7) is 0.883. The summed E-state index contributed by atoms with van der Waals surface area (Å²) in [4.78, 5) is 11.1. The fourth-order valence-corrected chi connectivity index (χ4v) is 1.55. The summed E-state index contributed by atoms with van der Waals surface area (Å²) in [7, 11) is -1.23. The number of rotatable bonds is 2. The van der Waals surface area contributed by atoms with E-state index >= 15 is 0 Å². The molecule has 2 atom stereocenters. The molecule has 1 aliphatic heterocycles. The van der Waals surface area contributed by atoms with Crippen LogP contribution < -0.4 is 10.0 Å². The van der Waals surface area contributed by atoms with Crippen molar-refractivity contribution < 1.29 is 9.00 Å². The minimum absolute atomic E-state index is 0.126. The Balaban J connectivity index is 2.34. The normalized spacial score (nSPS) is 26.5. The minimum atomic E-state index is -1.23. The van der Waals surface area contributed by atoms with E-state index in [-0.39, 0.29) is 11.9 Å². The number of hydrogen-bond donors (Lipinski definition) is 2. The first kappa shape index (κ1) is 8.67. The second-order valence-corrected chi connectivity index (χ2v) is 3.68. The molecule has 0 aromatic rings. The largest absolute Gasteiger partial charge is 0.306 e. The van der Waals surface area contributed by atoms with Gasteiger partial charge in [0.05, 0.1) is 6.04 Å². The second kappa shape index (κ2) is 3.82. The summed E-state index contributed by atoms with van der Waals surface area (Å²) in [5, 5.41) is 3.02. The summed E-state index contributed by atoms with van der Waals surface area (Å²) >= 11 is 0. The molecule has 1 amide bonds. The molecule has 1 saturated heterocycles. The van der Waals surface area contributed by atoms with E-state index in [9.17, 15) is 9.00 Å². The fourth-order valence-electron chi connectivity index (χ4n) is 1.12. The highest BCUT2D eigenvalue weighted by molar-refractivity contribution is 7.82. The summed E-state index contributed by atoms with van der Waals surface area (Å²) in [5.41, 5.74) is 0. The highest BCUT2D eigenvalue weighted by Crippen LogP contribution is 2.04. The third-order valence-electron chi connectivity index (χ3n) is 1.62. The van der Waals surface area contributed by atoms with E-state index in [4.69, 9.17) is 0 Å². The van der Waals surface area contributed by atoms with Gasteiger partial charge in [0.15, 0.2) is 0 Å². The maximum atomic E-state index is 11.1. The average molecular weight is 176 g/mol. The van der Waals surface area contributed by atoms with Crippen LogP contribution >= 0.6 is 0 Å². The Morgan fingerprint density at radius 2 is 2.45 bits per heavy atom. The molecule has 1 fully saturated rings. The van der Waals surface area contributed by atoms with E-state index in [1.165, 1.54) is 6.26 Å². The summed E-state index contributed by atoms with van der Waals surface area (Å²) < 4.78 is 12.9. The van der Waals surface area contributed by atoms with Crippen LogP contribution in [0.1, 0.15) is 12.8 Å². The topological polar surface area (TPSA) is 58.2 Å². The predicted octanol–water partition coefficient (Wildman–Crippen LogP) is -0.852. The predicted molar refractivity (Wildman–Crippen MR) is 43.2 cm³/mol. The molecule has 2 unspecified atom stereocenters. The molecule has 2 N–H and O–H groups in total. The number of carbonyl (C=O) groups is 1. The van der Waals surface area contributed by atoms with Gasteiger partial charge in [-0.1, -0.05) is 0 Å². The maximum Gasteiger partial charge on any atom is 0.248 e. The lowest BCUT2D eigenvalue weighted by atomic mass is 10.2. The number of nitrogens with one attached hydrogen (secondary N) is 2. The zero-order valence-electron chi connectivity index (χ0n) is 6.42. The zero-order valence-corrected chi connectivity index (χ0v) is 7.24. The van der Waals surface area contributed by atoms with Gasteiger partial charge in [0.2, 0.25) is 5.91 Å². The third kappa shape index (κ3) is 2.59. The van der Waals surface area contributed by atoms with Crippen molar-refractivity contribution in [3.8, 4) is 0 Å². The molecule has 0 aromatic heterocycles. The van der Waals surface area contributed by atoms with Crippen LogP contribution in [0.4, 0.5) is 0 Å². The van der Waals surface area contributed by atoms with Crippen LogP contribution in [0.3, 0.4) is 0 Å². The maximum absolute atomic E-state index is 11.1.